The average molecular weight is 277 g/mol. The molecule has 0 aliphatic heterocycles. The summed E-state index contributed by atoms with van der Waals surface area (Å²) < 4.78 is 5.20. The van der Waals surface area contributed by atoms with Crippen molar-refractivity contribution >= 4 is 25.7 Å². The quantitative estimate of drug-likeness (QED) is 0.613. The molecule has 1 aliphatic rings. The number of benzene rings is 1. The molecule has 0 aromatic heterocycles. The summed E-state index contributed by atoms with van der Waals surface area (Å²) in [5, 5.41) is 0.486. The van der Waals surface area contributed by atoms with Gasteiger partial charge in [-0.2, -0.15) is 5.66 Å². The molecule has 1 saturated carbocycles. The van der Waals surface area contributed by atoms with Crippen LogP contribution in [0.5, 0.6) is 5.75 Å². The SMILES string of the molecule is COc1cccc(Cl)c1C(=O)[P-]C1CCCC1.[Li+]. The molecule has 1 aromatic carbocycles. The van der Waals surface area contributed by atoms with Crippen molar-refractivity contribution in [2.75, 3.05) is 7.11 Å². The molecule has 0 N–H and O–H groups in total. The molecule has 5 heteroatoms. The molecule has 0 bridgehead atoms. The Hall–Kier alpha value is 0.00740. The molecule has 92 valence electrons. The summed E-state index contributed by atoms with van der Waals surface area (Å²) in [5.41, 5.74) is 1.12. The molecular weight excluding hydrogens is 262 g/mol. The molecule has 1 aromatic rings. The normalized spacial score (nSPS) is 15.9. The minimum absolute atomic E-state index is 0. The smallest absolute Gasteiger partial charge is 0.496 e. The van der Waals surface area contributed by atoms with Gasteiger partial charge in [0.25, 0.3) is 0 Å². The van der Waals surface area contributed by atoms with E-state index < -0.39 is 0 Å². The van der Waals surface area contributed by atoms with Crippen LogP contribution < -0.4 is 23.6 Å². The maximum absolute atomic E-state index is 12.2. The summed E-state index contributed by atoms with van der Waals surface area (Å²) in [6, 6.07) is 5.31. The van der Waals surface area contributed by atoms with Crippen LogP contribution in [0, 0.1) is 0 Å². The Labute approximate surface area is 127 Å². The van der Waals surface area contributed by atoms with Gasteiger partial charge in [0.2, 0.25) is 0 Å². The number of ether oxygens (including phenoxy) is 1. The molecule has 0 atom stereocenters. The van der Waals surface area contributed by atoms with Crippen molar-refractivity contribution in [1.29, 1.82) is 0 Å². The summed E-state index contributed by atoms with van der Waals surface area (Å²) in [5.74, 6) is 0.577. The number of hydrogen-bond acceptors (Lipinski definition) is 2. The molecule has 18 heavy (non-hydrogen) atoms. The van der Waals surface area contributed by atoms with Crippen LogP contribution in [0.4, 0.5) is 0 Å². The first kappa shape index (κ1) is 16.1. The number of methoxy groups -OCH3 is 1. The van der Waals surface area contributed by atoms with Crippen LogP contribution in [-0.2, 0) is 0 Å². The van der Waals surface area contributed by atoms with E-state index in [1.165, 1.54) is 12.8 Å². The molecule has 0 spiro atoms. The van der Waals surface area contributed by atoms with Crippen molar-refractivity contribution < 1.29 is 28.4 Å². The second kappa shape index (κ2) is 7.56. The van der Waals surface area contributed by atoms with Gasteiger partial charge in [-0.15, -0.1) is 0 Å². The van der Waals surface area contributed by atoms with E-state index in [1.54, 1.807) is 25.3 Å². The average Bonchev–Trinajstić information content (AvgIpc) is 2.81. The van der Waals surface area contributed by atoms with Crippen LogP contribution >= 0.6 is 20.2 Å². The van der Waals surface area contributed by atoms with Crippen molar-refractivity contribution in [2.45, 2.75) is 31.3 Å². The third-order valence-corrected chi connectivity index (χ3v) is 4.69. The van der Waals surface area contributed by atoms with E-state index in [4.69, 9.17) is 16.3 Å². The Balaban J connectivity index is 0.00000162. The Morgan fingerprint density at radius 3 is 2.67 bits per heavy atom. The van der Waals surface area contributed by atoms with Gasteiger partial charge >= 0.3 is 18.9 Å². The van der Waals surface area contributed by atoms with Gasteiger partial charge < -0.3 is 18.1 Å². The summed E-state index contributed by atoms with van der Waals surface area (Å²) in [6.07, 6.45) is 4.79. The Morgan fingerprint density at radius 1 is 1.39 bits per heavy atom. The van der Waals surface area contributed by atoms with Crippen LogP contribution in [0.15, 0.2) is 18.2 Å². The van der Waals surface area contributed by atoms with Gasteiger partial charge in [-0.1, -0.05) is 43.4 Å². The number of halogens is 1. The van der Waals surface area contributed by atoms with E-state index in [1.807, 2.05) is 0 Å². The predicted octanol–water partition coefficient (Wildman–Crippen LogP) is 1.38. The molecule has 0 unspecified atom stereocenters. The molecule has 2 rings (SSSR count). The van der Waals surface area contributed by atoms with Gasteiger partial charge in [0, 0.05) is 11.1 Å². The third kappa shape index (κ3) is 3.75. The van der Waals surface area contributed by atoms with Crippen LogP contribution in [0.1, 0.15) is 36.0 Å². The monoisotopic (exact) mass is 276 g/mol. The molecule has 0 heterocycles. The van der Waals surface area contributed by atoms with Crippen LogP contribution in [0.25, 0.3) is 0 Å². The van der Waals surface area contributed by atoms with Crippen molar-refractivity contribution in [3.63, 3.8) is 0 Å². The van der Waals surface area contributed by atoms with E-state index in [-0.39, 0.29) is 24.4 Å². The number of hydrogen-bond donors (Lipinski definition) is 0. The van der Waals surface area contributed by atoms with E-state index >= 15 is 0 Å². The summed E-state index contributed by atoms with van der Waals surface area (Å²) in [4.78, 5) is 12.2. The fourth-order valence-electron chi connectivity index (χ4n) is 2.15. The fraction of sp³-hybridized carbons (Fsp3) is 0.462. The second-order valence-electron chi connectivity index (χ2n) is 4.19. The zero-order valence-corrected chi connectivity index (χ0v) is 12.4. The number of carbonyl (C=O) groups excluding carboxylic acids is 1. The summed E-state index contributed by atoms with van der Waals surface area (Å²) >= 11 is 6.08. The van der Waals surface area contributed by atoms with Gasteiger partial charge in [0.15, 0.2) is 0 Å². The van der Waals surface area contributed by atoms with Crippen molar-refractivity contribution in [3.05, 3.63) is 28.8 Å². The van der Waals surface area contributed by atoms with E-state index in [9.17, 15) is 4.79 Å². The van der Waals surface area contributed by atoms with Gasteiger partial charge in [0.05, 0.1) is 12.1 Å². The molecule has 0 amide bonds. The molecule has 1 aliphatic carbocycles. The third-order valence-electron chi connectivity index (χ3n) is 3.03. The Bertz CT molecular complexity index is 419. The molecule has 0 radical (unpaired) electrons. The number of rotatable bonds is 4. The first-order valence-electron chi connectivity index (χ1n) is 5.80. The minimum atomic E-state index is 0. The summed E-state index contributed by atoms with van der Waals surface area (Å²) in [6.45, 7) is 0. The van der Waals surface area contributed by atoms with E-state index in [0.29, 0.717) is 22.0 Å². The predicted molar refractivity (Wildman–Crippen MR) is 71.5 cm³/mol. The zero-order valence-electron chi connectivity index (χ0n) is 10.8. The van der Waals surface area contributed by atoms with Crippen molar-refractivity contribution in [3.8, 4) is 5.75 Å². The van der Waals surface area contributed by atoms with Crippen molar-refractivity contribution in [2.24, 2.45) is 0 Å². The van der Waals surface area contributed by atoms with Crippen LogP contribution in [-0.4, -0.2) is 18.3 Å². The topological polar surface area (TPSA) is 26.3 Å². The minimum Gasteiger partial charge on any atom is -0.496 e. The Kier molecular flexibility index (Phi) is 6.75. The maximum atomic E-state index is 12.2. The second-order valence-corrected chi connectivity index (χ2v) is 5.99. The Morgan fingerprint density at radius 2 is 2.06 bits per heavy atom. The van der Waals surface area contributed by atoms with E-state index in [0.717, 1.165) is 21.4 Å². The van der Waals surface area contributed by atoms with Crippen molar-refractivity contribution in [1.82, 2.24) is 0 Å². The van der Waals surface area contributed by atoms with Gasteiger partial charge in [0.1, 0.15) is 5.75 Å². The molecule has 2 nitrogen and oxygen atoms in total. The molecule has 1 fully saturated rings. The zero-order chi connectivity index (χ0) is 12.3. The first-order chi connectivity index (χ1) is 8.22. The van der Waals surface area contributed by atoms with Gasteiger partial charge in [-0.3, -0.25) is 0 Å². The fourth-order valence-corrected chi connectivity index (χ4v) is 3.78. The standard InChI is InChI=1S/C13H15ClO2P.Li/c1-16-11-8-4-7-10(14)12(11)13(15)17-9-5-2-3-6-9;/h4,7-9H,2-3,5-6H2,1H3;/q-1;+1. The van der Waals surface area contributed by atoms with Gasteiger partial charge in [-0.05, 0) is 12.1 Å². The van der Waals surface area contributed by atoms with Gasteiger partial charge in [-0.25, -0.2) is 0 Å². The largest absolute Gasteiger partial charge is 1.00 e. The number of carbonyl (C=O) groups is 1. The first-order valence-corrected chi connectivity index (χ1v) is 7.14. The maximum Gasteiger partial charge on any atom is 1.00 e. The van der Waals surface area contributed by atoms with Crippen LogP contribution in [0.3, 0.4) is 0 Å². The molecule has 0 saturated heterocycles. The van der Waals surface area contributed by atoms with Crippen LogP contribution in [0.2, 0.25) is 5.02 Å². The molecular formula is C13H15ClLiO2P. The van der Waals surface area contributed by atoms with E-state index in [2.05, 4.69) is 0 Å². The summed E-state index contributed by atoms with van der Waals surface area (Å²) in [7, 11) is 2.43.